The number of hydrogen-bond acceptors (Lipinski definition) is 4. The predicted octanol–water partition coefficient (Wildman–Crippen LogP) is 1.11. The molecule has 0 aliphatic carbocycles. The first-order valence-electron chi connectivity index (χ1n) is 4.72. The largest absolute Gasteiger partial charge is 0.460 e. The van der Waals surface area contributed by atoms with E-state index < -0.39 is 12.6 Å². The Bertz CT molecular complexity index is 194. The average molecular weight is 220 g/mol. The molecule has 0 saturated carbocycles. The maximum absolute atomic E-state index is 11.6. The molecule has 0 atom stereocenters. The molecule has 5 heteroatoms. The van der Waals surface area contributed by atoms with Crippen LogP contribution in [-0.2, 0) is 19.0 Å². The van der Waals surface area contributed by atoms with E-state index >= 15 is 0 Å². The molecule has 0 rings (SSSR count). The van der Waals surface area contributed by atoms with Gasteiger partial charge in [-0.2, -0.15) is 0 Å². The molecule has 0 N–H and O–H groups in total. The first-order valence-corrected chi connectivity index (χ1v) is 4.72. The number of halogens is 1. The van der Waals surface area contributed by atoms with Gasteiger partial charge in [0.05, 0.1) is 26.4 Å². The molecular weight excluding hydrogens is 203 g/mol. The van der Waals surface area contributed by atoms with Crippen molar-refractivity contribution in [1.29, 1.82) is 0 Å². The fourth-order valence-electron chi connectivity index (χ4n) is 0.693. The Kier molecular flexibility index (Phi) is 9.01. The minimum atomic E-state index is -0.490. The van der Waals surface area contributed by atoms with Crippen LogP contribution in [0.2, 0.25) is 0 Å². The molecule has 0 spiro atoms. The summed E-state index contributed by atoms with van der Waals surface area (Å²) in [5.41, 5.74) is 0.362. The molecule has 0 fully saturated rings. The van der Waals surface area contributed by atoms with Crippen molar-refractivity contribution in [1.82, 2.24) is 0 Å². The Balaban J connectivity index is 3.11. The fourth-order valence-corrected chi connectivity index (χ4v) is 0.693. The zero-order chi connectivity index (χ0) is 11.5. The molecule has 4 nitrogen and oxygen atoms in total. The highest BCUT2D eigenvalue weighted by Gasteiger charge is 2.01. The first-order chi connectivity index (χ1) is 7.18. The van der Waals surface area contributed by atoms with E-state index in [9.17, 15) is 9.18 Å². The molecule has 0 aromatic rings. The molecular formula is C10H17FO4. The second-order valence-electron chi connectivity index (χ2n) is 2.83. The summed E-state index contributed by atoms with van der Waals surface area (Å²) in [5.74, 6) is -0.424. The molecule has 0 aliphatic rings. The van der Waals surface area contributed by atoms with Crippen LogP contribution >= 0.6 is 0 Å². The Labute approximate surface area is 89.0 Å². The van der Waals surface area contributed by atoms with Crippen molar-refractivity contribution in [3.63, 3.8) is 0 Å². The van der Waals surface area contributed by atoms with Gasteiger partial charge in [0.25, 0.3) is 0 Å². The molecule has 0 radical (unpaired) electrons. The number of esters is 1. The quantitative estimate of drug-likeness (QED) is 0.332. The maximum Gasteiger partial charge on any atom is 0.333 e. The Morgan fingerprint density at radius 2 is 1.67 bits per heavy atom. The molecule has 0 heterocycles. The lowest BCUT2D eigenvalue weighted by Crippen LogP contribution is -2.13. The van der Waals surface area contributed by atoms with Gasteiger partial charge in [-0.15, -0.1) is 0 Å². The van der Waals surface area contributed by atoms with Gasteiger partial charge >= 0.3 is 5.97 Å². The summed E-state index contributed by atoms with van der Waals surface area (Å²) in [6.07, 6.45) is 0. The van der Waals surface area contributed by atoms with Crippen LogP contribution in [0.25, 0.3) is 0 Å². The van der Waals surface area contributed by atoms with Crippen LogP contribution < -0.4 is 0 Å². The lowest BCUT2D eigenvalue weighted by molar-refractivity contribution is -0.140. The molecule has 88 valence electrons. The fraction of sp³-hybridized carbons (Fsp3) is 0.700. The number of hydrogen-bond donors (Lipinski definition) is 0. The third-order valence-electron chi connectivity index (χ3n) is 1.40. The number of carbonyl (C=O) groups excluding carboxylic acids is 1. The second-order valence-corrected chi connectivity index (χ2v) is 2.83. The van der Waals surface area contributed by atoms with Crippen molar-refractivity contribution in [2.45, 2.75) is 6.92 Å². The Morgan fingerprint density at radius 3 is 2.20 bits per heavy atom. The summed E-state index contributed by atoms with van der Waals surface area (Å²) >= 11 is 0. The SMILES string of the molecule is C=C(C)C(=O)OCCOCCOCCF. The monoisotopic (exact) mass is 220 g/mol. The summed E-state index contributed by atoms with van der Waals surface area (Å²) < 4.78 is 26.2. The molecule has 0 bridgehead atoms. The van der Waals surface area contributed by atoms with Crippen molar-refractivity contribution in [3.8, 4) is 0 Å². The van der Waals surface area contributed by atoms with Crippen molar-refractivity contribution >= 4 is 5.97 Å². The highest BCUT2D eigenvalue weighted by molar-refractivity contribution is 5.86. The van der Waals surface area contributed by atoms with Gasteiger partial charge < -0.3 is 14.2 Å². The Morgan fingerprint density at radius 1 is 1.13 bits per heavy atom. The van der Waals surface area contributed by atoms with Crippen LogP contribution in [0.15, 0.2) is 12.2 Å². The van der Waals surface area contributed by atoms with Crippen LogP contribution in [0.5, 0.6) is 0 Å². The van der Waals surface area contributed by atoms with Crippen molar-refractivity contribution in [2.75, 3.05) is 39.7 Å². The van der Waals surface area contributed by atoms with Crippen LogP contribution in [0.1, 0.15) is 6.92 Å². The van der Waals surface area contributed by atoms with Crippen molar-refractivity contribution < 1.29 is 23.4 Å². The standard InChI is InChI=1S/C10H17FO4/c1-9(2)10(12)15-8-7-14-6-5-13-4-3-11/h1,3-8H2,2H3. The Hall–Kier alpha value is -0.940. The molecule has 0 aliphatic heterocycles. The topological polar surface area (TPSA) is 44.8 Å². The summed E-state index contributed by atoms with van der Waals surface area (Å²) in [6, 6.07) is 0. The number of alkyl halides is 1. The van der Waals surface area contributed by atoms with E-state index in [1.165, 1.54) is 0 Å². The third-order valence-corrected chi connectivity index (χ3v) is 1.40. The zero-order valence-corrected chi connectivity index (χ0v) is 8.96. The van der Waals surface area contributed by atoms with Gasteiger partial charge in [-0.1, -0.05) is 6.58 Å². The first kappa shape index (κ1) is 14.1. The van der Waals surface area contributed by atoms with Gasteiger partial charge in [-0.3, -0.25) is 0 Å². The maximum atomic E-state index is 11.6. The van der Waals surface area contributed by atoms with Crippen molar-refractivity contribution in [2.24, 2.45) is 0 Å². The molecule has 0 unspecified atom stereocenters. The van der Waals surface area contributed by atoms with E-state index in [1.54, 1.807) is 6.92 Å². The molecule has 0 aromatic carbocycles. The molecule has 0 amide bonds. The van der Waals surface area contributed by atoms with Crippen LogP contribution in [0.4, 0.5) is 4.39 Å². The number of rotatable bonds is 9. The van der Waals surface area contributed by atoms with E-state index in [2.05, 4.69) is 6.58 Å². The van der Waals surface area contributed by atoms with E-state index in [0.29, 0.717) is 25.4 Å². The van der Waals surface area contributed by atoms with Gasteiger partial charge in [-0.25, -0.2) is 9.18 Å². The highest BCUT2D eigenvalue weighted by Crippen LogP contribution is 1.91. The second kappa shape index (κ2) is 9.61. The normalized spacial score (nSPS) is 10.0. The summed E-state index contributed by atoms with van der Waals surface area (Å²) in [4.78, 5) is 10.9. The average Bonchev–Trinajstić information content (AvgIpc) is 2.21. The third kappa shape index (κ3) is 9.37. The lowest BCUT2D eigenvalue weighted by Gasteiger charge is -2.05. The number of ether oxygens (including phenoxy) is 3. The van der Waals surface area contributed by atoms with Crippen molar-refractivity contribution in [3.05, 3.63) is 12.2 Å². The molecule has 15 heavy (non-hydrogen) atoms. The minimum Gasteiger partial charge on any atom is -0.460 e. The smallest absolute Gasteiger partial charge is 0.333 e. The predicted molar refractivity (Wildman–Crippen MR) is 53.4 cm³/mol. The van der Waals surface area contributed by atoms with Gasteiger partial charge in [0, 0.05) is 5.57 Å². The van der Waals surface area contributed by atoms with E-state index in [0.717, 1.165) is 0 Å². The summed E-state index contributed by atoms with van der Waals surface area (Å²) in [5, 5.41) is 0. The lowest BCUT2D eigenvalue weighted by atomic mass is 10.4. The molecule has 0 aromatic heterocycles. The number of carbonyl (C=O) groups is 1. The highest BCUT2D eigenvalue weighted by atomic mass is 19.1. The summed E-state index contributed by atoms with van der Waals surface area (Å²) in [6.45, 7) is 5.82. The van der Waals surface area contributed by atoms with Gasteiger partial charge in [-0.05, 0) is 6.92 Å². The van der Waals surface area contributed by atoms with Gasteiger partial charge in [0.15, 0.2) is 0 Å². The van der Waals surface area contributed by atoms with Gasteiger partial charge in [0.1, 0.15) is 13.3 Å². The van der Waals surface area contributed by atoms with Crippen LogP contribution in [0, 0.1) is 0 Å². The molecule has 0 saturated heterocycles. The van der Waals surface area contributed by atoms with Crippen LogP contribution in [-0.4, -0.2) is 45.7 Å². The minimum absolute atomic E-state index is 0.0913. The van der Waals surface area contributed by atoms with Gasteiger partial charge in [0.2, 0.25) is 0 Å². The van der Waals surface area contributed by atoms with E-state index in [-0.39, 0.29) is 13.2 Å². The summed E-state index contributed by atoms with van der Waals surface area (Å²) in [7, 11) is 0. The zero-order valence-electron chi connectivity index (χ0n) is 8.96. The van der Waals surface area contributed by atoms with E-state index in [4.69, 9.17) is 14.2 Å². The van der Waals surface area contributed by atoms with Crippen LogP contribution in [0.3, 0.4) is 0 Å². The van der Waals surface area contributed by atoms with E-state index in [1.807, 2.05) is 0 Å².